The van der Waals surface area contributed by atoms with Crippen LogP contribution in [0, 0.1) is 5.41 Å². The minimum atomic E-state index is -0.190. The van der Waals surface area contributed by atoms with Crippen LogP contribution in [0.1, 0.15) is 74.4 Å². The summed E-state index contributed by atoms with van der Waals surface area (Å²) in [6, 6.07) is 0. The molecule has 19 heavy (non-hydrogen) atoms. The van der Waals surface area contributed by atoms with E-state index in [1.165, 1.54) is 55.6 Å². The monoisotopic (exact) mass is 278 g/mol. The van der Waals surface area contributed by atoms with Crippen molar-refractivity contribution in [3.8, 4) is 0 Å². The fraction of sp³-hybridized carbons (Fsp3) is 0.812. The van der Waals surface area contributed by atoms with Crippen molar-refractivity contribution < 1.29 is 0 Å². The third-order valence-corrected chi connectivity index (χ3v) is 6.88. The summed E-state index contributed by atoms with van der Waals surface area (Å²) in [6.07, 6.45) is 11.6. The number of nitrogens with two attached hydrogens (primary N) is 1. The van der Waals surface area contributed by atoms with E-state index in [1.807, 2.05) is 11.3 Å². The Morgan fingerprint density at radius 3 is 2.53 bits per heavy atom. The van der Waals surface area contributed by atoms with E-state index in [2.05, 4.69) is 13.8 Å². The highest BCUT2D eigenvalue weighted by Crippen LogP contribution is 2.49. The van der Waals surface area contributed by atoms with Gasteiger partial charge < -0.3 is 5.73 Å². The molecule has 1 fully saturated rings. The first kappa shape index (κ1) is 13.6. The van der Waals surface area contributed by atoms with Crippen molar-refractivity contribution in [2.75, 3.05) is 0 Å². The molecule has 1 saturated carbocycles. The summed E-state index contributed by atoms with van der Waals surface area (Å²) < 4.78 is 0. The zero-order chi connectivity index (χ0) is 13.5. The molecular weight excluding hydrogens is 252 g/mol. The number of thiazole rings is 1. The fourth-order valence-corrected chi connectivity index (χ4v) is 5.37. The Morgan fingerprint density at radius 1 is 1.21 bits per heavy atom. The average molecular weight is 278 g/mol. The minimum absolute atomic E-state index is 0.190. The maximum absolute atomic E-state index is 6.52. The molecule has 0 aromatic carbocycles. The summed E-state index contributed by atoms with van der Waals surface area (Å²) in [7, 11) is 0. The largest absolute Gasteiger partial charge is 0.319 e. The van der Waals surface area contributed by atoms with E-state index in [0.29, 0.717) is 5.41 Å². The van der Waals surface area contributed by atoms with E-state index in [9.17, 15) is 0 Å². The lowest BCUT2D eigenvalue weighted by Crippen LogP contribution is -2.34. The van der Waals surface area contributed by atoms with E-state index < -0.39 is 0 Å². The number of aryl methyl sites for hydroxylation is 1. The van der Waals surface area contributed by atoms with Crippen LogP contribution < -0.4 is 5.73 Å². The summed E-state index contributed by atoms with van der Waals surface area (Å²) in [5.74, 6) is 0. The molecule has 2 aliphatic rings. The van der Waals surface area contributed by atoms with Gasteiger partial charge in [0.2, 0.25) is 0 Å². The van der Waals surface area contributed by atoms with Crippen molar-refractivity contribution in [3.63, 3.8) is 0 Å². The highest BCUT2D eigenvalue weighted by molar-refractivity contribution is 7.11. The van der Waals surface area contributed by atoms with Crippen LogP contribution in [0.3, 0.4) is 0 Å². The minimum Gasteiger partial charge on any atom is -0.319 e. The molecule has 2 nitrogen and oxygen atoms in total. The molecule has 2 aliphatic carbocycles. The molecule has 0 saturated heterocycles. The zero-order valence-electron chi connectivity index (χ0n) is 12.3. The molecule has 3 rings (SSSR count). The van der Waals surface area contributed by atoms with Gasteiger partial charge in [-0.05, 0) is 50.4 Å². The van der Waals surface area contributed by atoms with Gasteiger partial charge in [0.15, 0.2) is 0 Å². The van der Waals surface area contributed by atoms with Crippen LogP contribution in [-0.4, -0.2) is 4.98 Å². The third-order valence-electron chi connectivity index (χ3n) is 5.56. The summed E-state index contributed by atoms with van der Waals surface area (Å²) in [5, 5.41) is 1.19. The van der Waals surface area contributed by atoms with Gasteiger partial charge in [-0.1, -0.05) is 26.7 Å². The van der Waals surface area contributed by atoms with Gasteiger partial charge in [-0.15, -0.1) is 11.3 Å². The molecule has 0 aliphatic heterocycles. The Morgan fingerprint density at radius 2 is 1.89 bits per heavy atom. The highest BCUT2D eigenvalue weighted by atomic mass is 32.1. The van der Waals surface area contributed by atoms with Crippen molar-refractivity contribution in [2.45, 2.75) is 77.2 Å². The van der Waals surface area contributed by atoms with E-state index in [-0.39, 0.29) is 5.54 Å². The Labute approximate surface area is 120 Å². The lowest BCUT2D eigenvalue weighted by Gasteiger charge is -2.32. The molecule has 0 unspecified atom stereocenters. The molecule has 2 N–H and O–H groups in total. The Balaban J connectivity index is 1.88. The number of hydrogen-bond donors (Lipinski definition) is 1. The third kappa shape index (κ3) is 2.25. The van der Waals surface area contributed by atoms with Crippen molar-refractivity contribution in [1.82, 2.24) is 4.98 Å². The maximum Gasteiger partial charge on any atom is 0.113 e. The molecule has 0 radical (unpaired) electrons. The first-order valence-electron chi connectivity index (χ1n) is 7.89. The number of fused-ring (bicyclic) bond motifs is 1. The summed E-state index contributed by atoms with van der Waals surface area (Å²) >= 11 is 1.92. The van der Waals surface area contributed by atoms with Crippen LogP contribution in [0.5, 0.6) is 0 Å². The number of aromatic nitrogens is 1. The Hall–Kier alpha value is -0.410. The van der Waals surface area contributed by atoms with Crippen molar-refractivity contribution in [2.24, 2.45) is 11.1 Å². The second-order valence-electron chi connectivity index (χ2n) is 6.64. The highest BCUT2D eigenvalue weighted by Gasteiger charge is 2.39. The van der Waals surface area contributed by atoms with Crippen LogP contribution in [0.15, 0.2) is 0 Å². The maximum atomic E-state index is 6.52. The predicted molar refractivity (Wildman–Crippen MR) is 81.5 cm³/mol. The molecule has 106 valence electrons. The molecular formula is C16H26N2S. The lowest BCUT2D eigenvalue weighted by atomic mass is 9.74. The van der Waals surface area contributed by atoms with Gasteiger partial charge >= 0.3 is 0 Å². The smallest absolute Gasteiger partial charge is 0.113 e. The number of hydrogen-bond acceptors (Lipinski definition) is 3. The number of rotatable bonds is 3. The molecule has 0 atom stereocenters. The Kier molecular flexibility index (Phi) is 3.46. The quantitative estimate of drug-likeness (QED) is 0.901. The van der Waals surface area contributed by atoms with Crippen LogP contribution in [0.2, 0.25) is 0 Å². The summed E-state index contributed by atoms with van der Waals surface area (Å²) in [6.45, 7) is 4.37. The molecule has 1 aromatic rings. The van der Waals surface area contributed by atoms with Gasteiger partial charge in [0.1, 0.15) is 5.01 Å². The summed E-state index contributed by atoms with van der Waals surface area (Å²) in [5.41, 5.74) is 8.33. The predicted octanol–water partition coefficient (Wildman–Crippen LogP) is 4.17. The van der Waals surface area contributed by atoms with E-state index in [4.69, 9.17) is 10.7 Å². The van der Waals surface area contributed by atoms with Gasteiger partial charge in [-0.2, -0.15) is 0 Å². The van der Waals surface area contributed by atoms with Crippen molar-refractivity contribution in [1.29, 1.82) is 0 Å². The fourth-order valence-electron chi connectivity index (χ4n) is 3.85. The zero-order valence-corrected chi connectivity index (χ0v) is 13.1. The van der Waals surface area contributed by atoms with Crippen LogP contribution >= 0.6 is 11.3 Å². The summed E-state index contributed by atoms with van der Waals surface area (Å²) in [4.78, 5) is 6.47. The Bertz CT molecular complexity index is 453. The topological polar surface area (TPSA) is 38.9 Å². The van der Waals surface area contributed by atoms with Gasteiger partial charge in [-0.25, -0.2) is 4.98 Å². The van der Waals surface area contributed by atoms with Crippen LogP contribution in [0.25, 0.3) is 0 Å². The molecule has 1 spiro atoms. The first-order chi connectivity index (χ1) is 9.11. The molecule has 0 bridgehead atoms. The van der Waals surface area contributed by atoms with Crippen molar-refractivity contribution >= 4 is 11.3 Å². The molecule has 1 heterocycles. The second-order valence-corrected chi connectivity index (χ2v) is 7.72. The van der Waals surface area contributed by atoms with Crippen LogP contribution in [0.4, 0.5) is 0 Å². The van der Waals surface area contributed by atoms with E-state index >= 15 is 0 Å². The van der Waals surface area contributed by atoms with Gasteiger partial charge in [-0.3, -0.25) is 0 Å². The SMILES string of the molecule is CCC(N)(CC)c1nc2c(s1)CC1(CCCC1)CC2. The van der Waals surface area contributed by atoms with E-state index in [1.54, 1.807) is 4.88 Å². The average Bonchev–Trinajstić information content (AvgIpc) is 3.05. The molecule has 3 heteroatoms. The normalized spacial score (nSPS) is 21.8. The number of nitrogens with zero attached hydrogens (tertiary/aromatic N) is 1. The van der Waals surface area contributed by atoms with Gasteiger partial charge in [0.05, 0.1) is 11.2 Å². The van der Waals surface area contributed by atoms with Crippen molar-refractivity contribution in [3.05, 3.63) is 15.6 Å². The molecule has 0 amide bonds. The standard InChI is InChI=1S/C16H26N2S/c1-3-16(17,4-2)14-18-12-7-10-15(8-5-6-9-15)11-13(12)19-14/h3-11,17H2,1-2H3. The van der Waals surface area contributed by atoms with Gasteiger partial charge in [0.25, 0.3) is 0 Å². The van der Waals surface area contributed by atoms with Crippen LogP contribution in [-0.2, 0) is 18.4 Å². The lowest BCUT2D eigenvalue weighted by molar-refractivity contribution is 0.256. The van der Waals surface area contributed by atoms with E-state index in [0.717, 1.165) is 12.8 Å². The first-order valence-corrected chi connectivity index (χ1v) is 8.70. The second kappa shape index (κ2) is 4.85. The van der Waals surface area contributed by atoms with Gasteiger partial charge in [0, 0.05) is 4.88 Å². The molecule has 1 aromatic heterocycles.